The summed E-state index contributed by atoms with van der Waals surface area (Å²) >= 11 is 0. The lowest BCUT2D eigenvalue weighted by atomic mass is 9.96. The molecule has 0 aliphatic rings. The summed E-state index contributed by atoms with van der Waals surface area (Å²) in [5, 5.41) is 8.41. The van der Waals surface area contributed by atoms with Gasteiger partial charge in [0.2, 0.25) is 5.96 Å². The molecular formula is C39H55FN6. The van der Waals surface area contributed by atoms with Crippen LogP contribution in [0.15, 0.2) is 117 Å². The van der Waals surface area contributed by atoms with Crippen molar-refractivity contribution >= 4 is 18.4 Å². The van der Waals surface area contributed by atoms with Crippen LogP contribution in [0.2, 0.25) is 0 Å². The third-order valence-corrected chi connectivity index (χ3v) is 6.88. The second-order valence-electron chi connectivity index (χ2n) is 10.4. The predicted molar refractivity (Wildman–Crippen MR) is 200 cm³/mol. The number of halogens is 1. The van der Waals surface area contributed by atoms with E-state index in [1.807, 2.05) is 46.1 Å². The van der Waals surface area contributed by atoms with E-state index in [4.69, 9.17) is 5.10 Å². The largest absolute Gasteiger partial charge is 0.312 e. The van der Waals surface area contributed by atoms with Crippen molar-refractivity contribution in [2.45, 2.75) is 87.0 Å². The molecule has 0 atom stereocenters. The number of hydrogen-bond acceptors (Lipinski definition) is 4. The van der Waals surface area contributed by atoms with Crippen LogP contribution in [-0.4, -0.2) is 41.3 Å². The molecule has 2 aromatic rings. The highest BCUT2D eigenvalue weighted by atomic mass is 19.1. The van der Waals surface area contributed by atoms with Crippen LogP contribution in [0.1, 0.15) is 86.3 Å². The van der Waals surface area contributed by atoms with E-state index in [1.165, 1.54) is 42.5 Å². The Kier molecular flexibility index (Phi) is 21.6. The van der Waals surface area contributed by atoms with E-state index in [1.54, 1.807) is 35.4 Å². The second kappa shape index (κ2) is 25.0. The molecule has 0 saturated carbocycles. The smallest absolute Gasteiger partial charge is 0.250 e. The number of nitrogens with one attached hydrogen (secondary N) is 1. The van der Waals surface area contributed by atoms with E-state index >= 15 is 0 Å². The average Bonchev–Trinajstić information content (AvgIpc) is 3.49. The van der Waals surface area contributed by atoms with Gasteiger partial charge in [0.25, 0.3) is 0 Å². The van der Waals surface area contributed by atoms with Gasteiger partial charge in [-0.1, -0.05) is 76.1 Å². The van der Waals surface area contributed by atoms with Crippen LogP contribution in [0.5, 0.6) is 0 Å². The molecule has 1 aromatic carbocycles. The molecule has 6 nitrogen and oxygen atoms in total. The lowest BCUT2D eigenvalue weighted by molar-refractivity contribution is 0.628. The summed E-state index contributed by atoms with van der Waals surface area (Å²) in [4.78, 5) is 13.1. The van der Waals surface area contributed by atoms with Crippen LogP contribution in [-0.2, 0) is 6.42 Å². The molecule has 0 radical (unpaired) electrons. The van der Waals surface area contributed by atoms with E-state index in [9.17, 15) is 4.39 Å². The van der Waals surface area contributed by atoms with Gasteiger partial charge in [0.05, 0.1) is 5.69 Å². The Morgan fingerprint density at radius 2 is 1.74 bits per heavy atom. The number of allylic oxidation sites excluding steroid dienone is 7. The normalized spacial score (nSPS) is 13.4. The molecule has 0 aliphatic heterocycles. The number of benzene rings is 1. The van der Waals surface area contributed by atoms with E-state index in [2.05, 4.69) is 78.0 Å². The maximum atomic E-state index is 13.5. The lowest BCUT2D eigenvalue weighted by Gasteiger charge is -2.14. The quantitative estimate of drug-likeness (QED) is 0.0662. The van der Waals surface area contributed by atoms with Crippen molar-refractivity contribution in [3.05, 3.63) is 114 Å². The van der Waals surface area contributed by atoms with Crippen LogP contribution >= 0.6 is 0 Å². The molecule has 0 amide bonds. The van der Waals surface area contributed by atoms with Gasteiger partial charge in [0.1, 0.15) is 5.82 Å². The summed E-state index contributed by atoms with van der Waals surface area (Å²) < 4.78 is 15.3. The molecule has 46 heavy (non-hydrogen) atoms. The minimum absolute atomic E-state index is 0.281. The second-order valence-corrected chi connectivity index (χ2v) is 10.4. The van der Waals surface area contributed by atoms with Crippen molar-refractivity contribution < 1.29 is 4.39 Å². The molecular weight excluding hydrogens is 571 g/mol. The third kappa shape index (κ3) is 15.2. The van der Waals surface area contributed by atoms with Gasteiger partial charge in [-0.3, -0.25) is 4.99 Å². The van der Waals surface area contributed by atoms with Crippen LogP contribution in [0, 0.1) is 5.82 Å². The zero-order valence-corrected chi connectivity index (χ0v) is 29.1. The van der Waals surface area contributed by atoms with Crippen molar-refractivity contribution in [1.29, 1.82) is 0 Å². The number of aliphatic imine (C=N–C) groups is 3. The summed E-state index contributed by atoms with van der Waals surface area (Å²) in [6.45, 7) is 19.4. The first-order valence-corrected chi connectivity index (χ1v) is 16.4. The molecule has 1 N–H and O–H groups in total. The zero-order chi connectivity index (χ0) is 34.0. The van der Waals surface area contributed by atoms with Gasteiger partial charge in [-0.05, 0) is 94.5 Å². The average molecular weight is 627 g/mol. The fraction of sp³-hybridized carbons (Fsp3) is 0.385. The van der Waals surface area contributed by atoms with Gasteiger partial charge >= 0.3 is 0 Å². The number of unbranched alkanes of at least 4 members (excludes halogenated alkanes) is 2. The molecule has 0 spiro atoms. The summed E-state index contributed by atoms with van der Waals surface area (Å²) in [5.74, 6) is 0.189. The first kappa shape index (κ1) is 39.8. The highest BCUT2D eigenvalue weighted by molar-refractivity contribution is 5.89. The van der Waals surface area contributed by atoms with E-state index < -0.39 is 0 Å². The monoisotopic (exact) mass is 626 g/mol. The van der Waals surface area contributed by atoms with Crippen LogP contribution in [0.25, 0.3) is 11.3 Å². The maximum Gasteiger partial charge on any atom is 0.250 e. The predicted octanol–water partition coefficient (Wildman–Crippen LogP) is 10.2. The van der Waals surface area contributed by atoms with E-state index in [-0.39, 0.29) is 5.82 Å². The standard InChI is InChI=1S/C34H43FN6.C5H12/c1-7-13-14-15-30(28(10-4)23-27(9-3)25-36-11-5)26-37-22-20-32-24-33(29-16-18-31(35)19-17-29)40-41(32)34(38-12-6)39-21-8-2;1-3-5-4-2/h7-13,15-19,21,24-25,37H,5,14,20,22-23,26H2,1-4,6H3;3-5H2,1-2H3/b13-7-,21-8-,27-9-,28-10-,30-15?,36-25?,38-12-,39-34+;. The highest BCUT2D eigenvalue weighted by Crippen LogP contribution is 2.21. The van der Waals surface area contributed by atoms with Crippen molar-refractivity contribution in [3.63, 3.8) is 0 Å². The Balaban J connectivity index is 0.00000195. The van der Waals surface area contributed by atoms with Gasteiger partial charge < -0.3 is 5.32 Å². The Morgan fingerprint density at radius 3 is 2.30 bits per heavy atom. The summed E-state index contributed by atoms with van der Waals surface area (Å²) in [7, 11) is 0. The molecule has 0 aliphatic carbocycles. The minimum Gasteiger partial charge on any atom is -0.312 e. The molecule has 2 rings (SSSR count). The molecule has 0 bridgehead atoms. The Morgan fingerprint density at radius 1 is 1.00 bits per heavy atom. The van der Waals surface area contributed by atoms with E-state index in [0.29, 0.717) is 18.9 Å². The van der Waals surface area contributed by atoms with Crippen molar-refractivity contribution in [1.82, 2.24) is 15.1 Å². The molecule has 0 saturated heterocycles. The highest BCUT2D eigenvalue weighted by Gasteiger charge is 2.14. The summed E-state index contributed by atoms with van der Waals surface area (Å²) in [5.41, 5.74) is 6.17. The van der Waals surface area contributed by atoms with Gasteiger partial charge in [-0.15, -0.1) is 0 Å². The Bertz CT molecular complexity index is 1400. The van der Waals surface area contributed by atoms with Crippen LogP contribution in [0.4, 0.5) is 4.39 Å². The molecule has 1 aromatic heterocycles. The van der Waals surface area contributed by atoms with Crippen molar-refractivity contribution in [2.75, 3.05) is 13.1 Å². The van der Waals surface area contributed by atoms with Gasteiger partial charge in [-0.25, -0.2) is 19.1 Å². The zero-order valence-electron chi connectivity index (χ0n) is 29.1. The fourth-order valence-corrected chi connectivity index (χ4v) is 4.38. The molecule has 248 valence electrons. The SMILES string of the molecule is C=CN=C/C(=C\C)C/C(=C/C)C(=CC/C=C\C)CNCCc1cc(-c2ccc(F)cc2)nn1C(/N=C\C)=N/C=C\C.CCCCC. The molecule has 7 heteroatoms. The maximum absolute atomic E-state index is 13.5. The number of hydrogen-bond donors (Lipinski definition) is 1. The molecule has 0 unspecified atom stereocenters. The first-order chi connectivity index (χ1) is 22.4. The van der Waals surface area contributed by atoms with Crippen molar-refractivity contribution in [3.8, 4) is 11.3 Å². The number of rotatable bonds is 16. The van der Waals surface area contributed by atoms with Crippen LogP contribution in [0.3, 0.4) is 0 Å². The fourth-order valence-electron chi connectivity index (χ4n) is 4.38. The first-order valence-electron chi connectivity index (χ1n) is 16.4. The lowest BCUT2D eigenvalue weighted by Crippen LogP contribution is -2.23. The molecule has 0 fully saturated rings. The topological polar surface area (TPSA) is 66.9 Å². The van der Waals surface area contributed by atoms with E-state index in [0.717, 1.165) is 41.9 Å². The minimum atomic E-state index is -0.281. The van der Waals surface area contributed by atoms with Gasteiger partial charge in [-0.2, -0.15) is 5.10 Å². The Labute approximate surface area is 277 Å². The number of aromatic nitrogens is 2. The van der Waals surface area contributed by atoms with Gasteiger partial charge in [0, 0.05) is 55.6 Å². The Hall–Kier alpha value is -4.23. The molecule has 1 heterocycles. The summed E-state index contributed by atoms with van der Waals surface area (Å²) in [6, 6.07) is 8.36. The summed E-state index contributed by atoms with van der Waals surface area (Å²) in [6.07, 6.45) is 25.8. The van der Waals surface area contributed by atoms with Crippen LogP contribution < -0.4 is 5.32 Å². The number of nitrogens with zero attached hydrogens (tertiary/aromatic N) is 5. The third-order valence-electron chi connectivity index (χ3n) is 6.88. The van der Waals surface area contributed by atoms with Crippen molar-refractivity contribution in [2.24, 2.45) is 15.0 Å². The van der Waals surface area contributed by atoms with Gasteiger partial charge in [0.15, 0.2) is 0 Å².